The van der Waals surface area contributed by atoms with Crippen molar-refractivity contribution < 1.29 is 0 Å². The van der Waals surface area contributed by atoms with Gasteiger partial charge in [0.05, 0.1) is 0 Å². The molecule has 0 aliphatic carbocycles. The molecule has 0 fully saturated rings. The van der Waals surface area contributed by atoms with Crippen molar-refractivity contribution in [1.29, 1.82) is 0 Å². The van der Waals surface area contributed by atoms with E-state index < -0.39 is 0 Å². The van der Waals surface area contributed by atoms with Crippen molar-refractivity contribution >= 4 is 28.3 Å². The second kappa shape index (κ2) is 4.32. The highest BCUT2D eigenvalue weighted by Crippen LogP contribution is 1.89. The van der Waals surface area contributed by atoms with E-state index in [1.807, 2.05) is 6.26 Å². The Morgan fingerprint density at radius 3 is 2.57 bits per heavy atom. The fourth-order valence-electron chi connectivity index (χ4n) is 0.110. The van der Waals surface area contributed by atoms with Crippen LogP contribution in [0.25, 0.3) is 0 Å². The summed E-state index contributed by atoms with van der Waals surface area (Å²) in [5, 5.41) is 0. The molecule has 0 rings (SSSR count). The molecule has 0 spiro atoms. The summed E-state index contributed by atoms with van der Waals surface area (Å²) in [6.45, 7) is 0. The third kappa shape index (κ3) is 4.00. The van der Waals surface area contributed by atoms with Crippen molar-refractivity contribution in [1.82, 2.24) is 11.0 Å². The predicted octanol–water partition coefficient (Wildman–Crippen LogP) is -0.398. The lowest BCUT2D eigenvalue weighted by Gasteiger charge is -1.98. The van der Waals surface area contributed by atoms with Crippen LogP contribution in [0.3, 0.4) is 0 Å². The molecule has 0 aliphatic rings. The average Bonchev–Trinajstić information content (AvgIpc) is 1.68. The molecule has 0 heterocycles. The number of nitrogens with one attached hydrogen (secondary N) is 2. The van der Waals surface area contributed by atoms with Gasteiger partial charge in [0.15, 0.2) is 0 Å². The highest BCUT2D eigenvalue weighted by Gasteiger charge is 1.83. The van der Waals surface area contributed by atoms with E-state index in [1.165, 1.54) is 11.8 Å². The van der Waals surface area contributed by atoms with Crippen LogP contribution < -0.4 is 16.8 Å². The Labute approximate surface area is 52.0 Å². The third-order valence-corrected chi connectivity index (χ3v) is 1.43. The zero-order valence-corrected chi connectivity index (χ0v) is 5.53. The van der Waals surface area contributed by atoms with E-state index in [-0.39, 0.29) is 0 Å². The molecule has 3 nitrogen and oxygen atoms in total. The Bertz CT molecular complexity index is 64.0. The first-order chi connectivity index (χ1) is 3.31. The number of thiocarbonyl (C=S) groups is 1. The lowest BCUT2D eigenvalue weighted by atomic mass is 11.5. The summed E-state index contributed by atoms with van der Waals surface area (Å²) in [5.41, 5.74) is 4.72. The predicted molar refractivity (Wildman–Crippen MR) is 36.6 cm³/mol. The van der Waals surface area contributed by atoms with Gasteiger partial charge in [-0.25, -0.2) is 0 Å². The van der Waals surface area contributed by atoms with Crippen molar-refractivity contribution in [3.05, 3.63) is 0 Å². The van der Waals surface area contributed by atoms with Gasteiger partial charge < -0.3 is 0 Å². The monoisotopic (exact) mass is 137 g/mol. The van der Waals surface area contributed by atoms with Gasteiger partial charge in [0.2, 0.25) is 0 Å². The fraction of sp³-hybridized carbons (Fsp3) is 0.500. The van der Waals surface area contributed by atoms with Gasteiger partial charge in [-0.3, -0.25) is 11.3 Å². The Balaban J connectivity index is 3.00. The molecule has 42 valence electrons. The van der Waals surface area contributed by atoms with Crippen LogP contribution in [0.2, 0.25) is 0 Å². The van der Waals surface area contributed by atoms with Gasteiger partial charge in [-0.1, -0.05) is 24.0 Å². The highest BCUT2D eigenvalue weighted by molar-refractivity contribution is 8.22. The number of thioether (sulfide) groups is 1. The van der Waals surface area contributed by atoms with Crippen molar-refractivity contribution in [3.8, 4) is 0 Å². The second-order valence-corrected chi connectivity index (χ2v) is 2.24. The van der Waals surface area contributed by atoms with Crippen molar-refractivity contribution in [2.24, 2.45) is 5.84 Å². The largest absolute Gasteiger partial charge is 0.293 e. The van der Waals surface area contributed by atoms with Crippen molar-refractivity contribution in [3.63, 3.8) is 0 Å². The molecule has 0 aromatic heterocycles. The number of hydrogen-bond acceptors (Lipinski definition) is 4. The molecule has 0 saturated carbocycles. The van der Waals surface area contributed by atoms with E-state index >= 15 is 0 Å². The van der Waals surface area contributed by atoms with E-state index in [4.69, 9.17) is 5.84 Å². The minimum Gasteiger partial charge on any atom is -0.293 e. The van der Waals surface area contributed by atoms with Crippen LogP contribution in [0, 0.1) is 0 Å². The molecule has 0 saturated heterocycles. The second-order valence-electron chi connectivity index (χ2n) is 0.761. The van der Waals surface area contributed by atoms with Crippen LogP contribution in [-0.4, -0.2) is 10.6 Å². The van der Waals surface area contributed by atoms with E-state index in [0.29, 0.717) is 4.32 Å². The number of rotatable bonds is 1. The maximum Gasteiger partial charge on any atom is 0.148 e. The van der Waals surface area contributed by atoms with Crippen LogP contribution in [0.4, 0.5) is 0 Å². The normalized spacial score (nSPS) is 8.29. The van der Waals surface area contributed by atoms with Crippen LogP contribution >= 0.6 is 24.0 Å². The first-order valence-electron chi connectivity index (χ1n) is 1.61. The molecule has 0 atom stereocenters. The topological polar surface area (TPSA) is 50.1 Å². The van der Waals surface area contributed by atoms with E-state index in [2.05, 4.69) is 23.2 Å². The van der Waals surface area contributed by atoms with Gasteiger partial charge in [0.25, 0.3) is 0 Å². The van der Waals surface area contributed by atoms with Gasteiger partial charge >= 0.3 is 0 Å². The Morgan fingerprint density at radius 1 is 1.86 bits per heavy atom. The average molecular weight is 137 g/mol. The maximum absolute atomic E-state index is 4.84. The van der Waals surface area contributed by atoms with E-state index in [0.717, 1.165) is 0 Å². The molecular formula is C2H7N3S2. The minimum absolute atomic E-state index is 0.641. The summed E-state index contributed by atoms with van der Waals surface area (Å²) in [6, 6.07) is 0. The number of nitrogens with two attached hydrogens (primary N) is 1. The molecule has 0 radical (unpaired) electrons. The summed E-state index contributed by atoms with van der Waals surface area (Å²) in [7, 11) is 0. The summed E-state index contributed by atoms with van der Waals surface area (Å²) in [6.07, 6.45) is 1.87. The molecule has 4 N–H and O–H groups in total. The molecule has 0 aromatic carbocycles. The number of hydrogen-bond donors (Lipinski definition) is 3. The smallest absolute Gasteiger partial charge is 0.148 e. The molecule has 0 unspecified atom stereocenters. The Morgan fingerprint density at radius 2 is 2.43 bits per heavy atom. The SMILES string of the molecule is CSC(=S)NNN. The van der Waals surface area contributed by atoms with Crippen LogP contribution in [0.5, 0.6) is 0 Å². The standard InChI is InChI=1S/C2H7N3S2/c1-7-2(6)4-5-3/h5H,3H2,1H3,(H,4,6). The lowest BCUT2D eigenvalue weighted by Crippen LogP contribution is -2.39. The Kier molecular flexibility index (Phi) is 4.42. The molecule has 5 heteroatoms. The van der Waals surface area contributed by atoms with Crippen LogP contribution in [0.15, 0.2) is 0 Å². The van der Waals surface area contributed by atoms with Crippen molar-refractivity contribution in [2.45, 2.75) is 0 Å². The summed E-state index contributed by atoms with van der Waals surface area (Å²) in [4.78, 5) is 0. The molecule has 0 bridgehead atoms. The highest BCUT2D eigenvalue weighted by atomic mass is 32.2. The molecule has 0 aromatic rings. The zero-order chi connectivity index (χ0) is 5.70. The first-order valence-corrected chi connectivity index (χ1v) is 3.24. The van der Waals surface area contributed by atoms with Gasteiger partial charge in [-0.2, -0.15) is 5.53 Å². The Hall–Kier alpha value is 0.160. The molecule has 0 aliphatic heterocycles. The van der Waals surface area contributed by atoms with Crippen LogP contribution in [0.1, 0.15) is 0 Å². The lowest BCUT2D eigenvalue weighted by molar-refractivity contribution is 0.709. The minimum atomic E-state index is 0.641. The van der Waals surface area contributed by atoms with Gasteiger partial charge in [-0.05, 0) is 6.26 Å². The van der Waals surface area contributed by atoms with Gasteiger partial charge in [0.1, 0.15) is 4.32 Å². The third-order valence-electron chi connectivity index (χ3n) is 0.360. The van der Waals surface area contributed by atoms with E-state index in [9.17, 15) is 0 Å². The zero-order valence-electron chi connectivity index (χ0n) is 3.89. The fourth-order valence-corrected chi connectivity index (χ4v) is 0.330. The molecular weight excluding hydrogens is 130 g/mol. The molecule has 7 heavy (non-hydrogen) atoms. The maximum atomic E-state index is 4.84. The molecule has 0 amide bonds. The quantitative estimate of drug-likeness (QED) is 0.261. The van der Waals surface area contributed by atoms with Crippen molar-refractivity contribution in [2.75, 3.05) is 6.26 Å². The van der Waals surface area contributed by atoms with Crippen LogP contribution in [-0.2, 0) is 0 Å². The number of hydrazine groups is 2. The first kappa shape index (κ1) is 7.16. The van der Waals surface area contributed by atoms with Gasteiger partial charge in [0, 0.05) is 0 Å². The summed E-state index contributed by atoms with van der Waals surface area (Å²) >= 11 is 6.09. The van der Waals surface area contributed by atoms with E-state index in [1.54, 1.807) is 0 Å². The summed E-state index contributed by atoms with van der Waals surface area (Å²) in [5.74, 6) is 4.84. The summed E-state index contributed by atoms with van der Waals surface area (Å²) < 4.78 is 0.641. The van der Waals surface area contributed by atoms with Gasteiger partial charge in [-0.15, -0.1) is 0 Å².